The zero-order valence-electron chi connectivity index (χ0n) is 32.3. The smallest absolute Gasteiger partial charge is 0.269 e. The molecule has 3 aliphatic rings. The van der Waals surface area contributed by atoms with Crippen molar-refractivity contribution in [3.05, 3.63) is 101 Å². The molecule has 0 spiro atoms. The van der Waals surface area contributed by atoms with Crippen LogP contribution in [0.2, 0.25) is 0 Å². The topological polar surface area (TPSA) is 159 Å². The molecule has 0 aliphatic carbocycles. The Kier molecular flexibility index (Phi) is 9.65. The number of amides is 5. The highest BCUT2D eigenvalue weighted by Crippen LogP contribution is 2.39. The first-order chi connectivity index (χ1) is 27.5. The summed E-state index contributed by atoms with van der Waals surface area (Å²) in [4.78, 5) is 81.0. The highest BCUT2D eigenvalue weighted by molar-refractivity contribution is 6.05. The lowest BCUT2D eigenvalue weighted by molar-refractivity contribution is -0.142. The summed E-state index contributed by atoms with van der Waals surface area (Å²) in [5, 5.41) is 7.12. The van der Waals surface area contributed by atoms with E-state index in [1.165, 1.54) is 4.90 Å². The minimum atomic E-state index is -0.696. The van der Waals surface area contributed by atoms with Crippen LogP contribution >= 0.6 is 0 Å². The maximum atomic E-state index is 13.3. The molecule has 5 amide bonds. The fourth-order valence-electron chi connectivity index (χ4n) is 8.20. The Bertz CT molecular complexity index is 2570. The van der Waals surface area contributed by atoms with Gasteiger partial charge in [-0.3, -0.25) is 39.3 Å². The summed E-state index contributed by atoms with van der Waals surface area (Å²) < 4.78 is 2.16. The van der Waals surface area contributed by atoms with Crippen molar-refractivity contribution in [1.29, 1.82) is 0 Å². The van der Waals surface area contributed by atoms with Gasteiger partial charge in [0, 0.05) is 79.4 Å². The van der Waals surface area contributed by atoms with E-state index in [9.17, 15) is 24.0 Å². The first kappa shape index (κ1) is 37.3. The molecule has 0 saturated carbocycles. The number of aromatic nitrogens is 4. The number of hydrogen-bond acceptors (Lipinski definition) is 8. The number of nitrogens with one attached hydrogen (secondary N) is 2. The van der Waals surface area contributed by atoms with E-state index < -0.39 is 17.5 Å². The number of likely N-dealkylation sites (N-methyl/N-ethyl adjacent to an activating group) is 1. The fourth-order valence-corrected chi connectivity index (χ4v) is 8.20. The number of imidazole rings is 1. The molecule has 6 heterocycles. The lowest BCUT2D eigenvalue weighted by Gasteiger charge is -2.40. The maximum absolute atomic E-state index is 13.3. The van der Waals surface area contributed by atoms with E-state index in [0.29, 0.717) is 55.6 Å². The molecular formula is C44H42N8O5. The standard InChI is InChI=1S/C44H42N8O5/c1-5-37-48-39(36-25-50(4)43(57)44(3,6-2)52(36)37)29-14-10-13-27-21-34(47-23-31(27)29)28-16-17-33(46-22-28)40(54)45-20-8-7-11-26-12-9-15-30-32(26)24-51(42(30)56)35-18-19-38(53)49-41(35)55/h9-10,12-17,21-23,35H,5-6,8,18-20,24-25H2,1-4H3,(H,45,54)(H,49,53,55). The van der Waals surface area contributed by atoms with Crippen LogP contribution in [0.5, 0.6) is 0 Å². The fraction of sp³-hybridized carbons (Fsp3) is 0.318. The Balaban J connectivity index is 0.927. The second-order valence-corrected chi connectivity index (χ2v) is 14.9. The number of piperidine rings is 1. The zero-order valence-corrected chi connectivity index (χ0v) is 32.3. The summed E-state index contributed by atoms with van der Waals surface area (Å²) >= 11 is 0. The summed E-state index contributed by atoms with van der Waals surface area (Å²) in [6.45, 7) is 7.13. The van der Waals surface area contributed by atoms with Gasteiger partial charge in [0.15, 0.2) is 0 Å². The number of rotatable bonds is 8. The largest absolute Gasteiger partial charge is 0.350 e. The van der Waals surface area contributed by atoms with E-state index in [2.05, 4.69) is 45.0 Å². The monoisotopic (exact) mass is 762 g/mol. The van der Waals surface area contributed by atoms with E-state index in [-0.39, 0.29) is 42.3 Å². The number of pyridine rings is 2. The molecule has 3 aromatic heterocycles. The third-order valence-corrected chi connectivity index (χ3v) is 11.4. The molecule has 2 N–H and O–H groups in total. The van der Waals surface area contributed by atoms with E-state index in [1.54, 1.807) is 29.3 Å². The van der Waals surface area contributed by atoms with E-state index >= 15 is 0 Å². The molecule has 5 aromatic rings. The normalized spacial score (nSPS) is 18.9. The van der Waals surface area contributed by atoms with E-state index in [0.717, 1.165) is 44.7 Å². The van der Waals surface area contributed by atoms with Crippen LogP contribution in [0.15, 0.2) is 67.0 Å². The average Bonchev–Trinajstić information content (AvgIpc) is 3.77. The second-order valence-electron chi connectivity index (χ2n) is 14.9. The van der Waals surface area contributed by atoms with Gasteiger partial charge in [-0.1, -0.05) is 50.0 Å². The molecule has 1 saturated heterocycles. The van der Waals surface area contributed by atoms with Crippen LogP contribution in [0.3, 0.4) is 0 Å². The third-order valence-electron chi connectivity index (χ3n) is 11.4. The van der Waals surface area contributed by atoms with Gasteiger partial charge in [-0.05, 0) is 61.0 Å². The van der Waals surface area contributed by atoms with Gasteiger partial charge < -0.3 is 19.7 Å². The highest BCUT2D eigenvalue weighted by atomic mass is 16.2. The summed E-state index contributed by atoms with van der Waals surface area (Å²) in [6.07, 6.45) is 5.71. The van der Waals surface area contributed by atoms with Crippen molar-refractivity contribution < 1.29 is 24.0 Å². The summed E-state index contributed by atoms with van der Waals surface area (Å²) in [7, 11) is 1.85. The predicted octanol–water partition coefficient (Wildman–Crippen LogP) is 4.75. The van der Waals surface area contributed by atoms with Gasteiger partial charge >= 0.3 is 0 Å². The molecular weight excluding hydrogens is 721 g/mol. The number of carbonyl (C=O) groups is 5. The van der Waals surface area contributed by atoms with Crippen LogP contribution < -0.4 is 10.6 Å². The molecule has 2 unspecified atom stereocenters. The van der Waals surface area contributed by atoms with Gasteiger partial charge in [-0.2, -0.15) is 0 Å². The molecule has 2 aromatic carbocycles. The van der Waals surface area contributed by atoms with Crippen molar-refractivity contribution in [1.82, 2.24) is 40.0 Å². The number of imide groups is 1. The van der Waals surface area contributed by atoms with Crippen molar-refractivity contribution >= 4 is 40.3 Å². The lowest BCUT2D eigenvalue weighted by atomic mass is 9.92. The first-order valence-electron chi connectivity index (χ1n) is 19.3. The van der Waals surface area contributed by atoms with Crippen molar-refractivity contribution in [2.45, 2.75) is 77.5 Å². The number of aryl methyl sites for hydroxylation is 1. The first-order valence-corrected chi connectivity index (χ1v) is 19.3. The minimum Gasteiger partial charge on any atom is -0.350 e. The molecule has 57 heavy (non-hydrogen) atoms. The zero-order chi connectivity index (χ0) is 40.0. The van der Waals surface area contributed by atoms with Crippen molar-refractivity contribution in [2.75, 3.05) is 13.6 Å². The van der Waals surface area contributed by atoms with Gasteiger partial charge in [0.1, 0.15) is 23.1 Å². The summed E-state index contributed by atoms with van der Waals surface area (Å²) in [6, 6.07) is 16.2. The van der Waals surface area contributed by atoms with Gasteiger partial charge in [0.25, 0.3) is 11.8 Å². The SMILES string of the molecule is CCc1nc(-c2cccc3cc(-c4ccc(C(=O)NCCC#Cc5cccc6c5CN(C5CCC(=O)NC5=O)C6=O)nc4)ncc23)c2n1C(C)(CC)C(=O)N(C)C2. The Hall–Kier alpha value is -6.68. The Morgan fingerprint density at radius 2 is 1.81 bits per heavy atom. The molecule has 0 radical (unpaired) electrons. The minimum absolute atomic E-state index is 0.0951. The van der Waals surface area contributed by atoms with Crippen LogP contribution in [-0.2, 0) is 39.4 Å². The van der Waals surface area contributed by atoms with E-state index in [1.807, 2.05) is 57.4 Å². The molecule has 13 nitrogen and oxygen atoms in total. The van der Waals surface area contributed by atoms with Crippen molar-refractivity contribution in [2.24, 2.45) is 0 Å². The van der Waals surface area contributed by atoms with Crippen LogP contribution in [0.4, 0.5) is 0 Å². The average molecular weight is 763 g/mol. The summed E-state index contributed by atoms with van der Waals surface area (Å²) in [5.41, 5.74) is 5.85. The molecule has 2 atom stereocenters. The maximum Gasteiger partial charge on any atom is 0.269 e. The number of hydrogen-bond donors (Lipinski definition) is 2. The Morgan fingerprint density at radius 1 is 1.00 bits per heavy atom. The van der Waals surface area contributed by atoms with Gasteiger partial charge in [0.2, 0.25) is 17.7 Å². The van der Waals surface area contributed by atoms with Gasteiger partial charge in [0.05, 0.1) is 23.6 Å². The summed E-state index contributed by atoms with van der Waals surface area (Å²) in [5.74, 6) is 5.84. The molecule has 13 heteroatoms. The molecule has 1 fully saturated rings. The molecule has 8 rings (SSSR count). The second kappa shape index (κ2) is 14.8. The van der Waals surface area contributed by atoms with Crippen molar-refractivity contribution in [3.63, 3.8) is 0 Å². The van der Waals surface area contributed by atoms with Crippen LogP contribution in [0, 0.1) is 11.8 Å². The lowest BCUT2D eigenvalue weighted by Crippen LogP contribution is -2.52. The van der Waals surface area contributed by atoms with Crippen molar-refractivity contribution in [3.8, 4) is 34.4 Å². The molecule has 288 valence electrons. The number of nitrogens with zero attached hydrogens (tertiary/aromatic N) is 6. The van der Waals surface area contributed by atoms with Crippen LogP contribution in [0.1, 0.15) is 89.9 Å². The number of benzene rings is 2. The Morgan fingerprint density at radius 3 is 2.56 bits per heavy atom. The van der Waals surface area contributed by atoms with E-state index in [4.69, 9.17) is 9.97 Å². The number of fused-ring (bicyclic) bond motifs is 3. The quantitative estimate of drug-likeness (QED) is 0.130. The molecule has 3 aliphatic heterocycles. The number of carbonyl (C=O) groups excluding carboxylic acids is 5. The predicted molar refractivity (Wildman–Crippen MR) is 212 cm³/mol. The molecule has 0 bridgehead atoms. The van der Waals surface area contributed by atoms with Crippen LogP contribution in [0.25, 0.3) is 33.3 Å². The third kappa shape index (κ3) is 6.50. The van der Waals surface area contributed by atoms with Gasteiger partial charge in [-0.15, -0.1) is 0 Å². The highest BCUT2D eigenvalue weighted by Gasteiger charge is 2.44. The van der Waals surface area contributed by atoms with Crippen LogP contribution in [-0.4, -0.2) is 78.5 Å². The van der Waals surface area contributed by atoms with Gasteiger partial charge in [-0.25, -0.2) is 4.98 Å². The Labute approximate surface area is 329 Å².